The monoisotopic (exact) mass is 467 g/mol. The van der Waals surface area contributed by atoms with Crippen molar-refractivity contribution in [2.45, 2.75) is 78.0 Å². The number of hydrogen-bond acceptors (Lipinski definition) is 3. The smallest absolute Gasteiger partial charge is 0.230 e. The Hall–Kier alpha value is -1.95. The van der Waals surface area contributed by atoms with Crippen LogP contribution < -0.4 is 0 Å². The van der Waals surface area contributed by atoms with Crippen molar-refractivity contribution < 1.29 is 14.0 Å². The summed E-state index contributed by atoms with van der Waals surface area (Å²) in [5.41, 5.74) is 2.33. The summed E-state index contributed by atoms with van der Waals surface area (Å²) in [6.07, 6.45) is -0.105. The molecule has 0 radical (unpaired) electrons. The zero-order chi connectivity index (χ0) is 24.2. The first-order chi connectivity index (χ1) is 15.5. The van der Waals surface area contributed by atoms with Crippen LogP contribution in [-0.2, 0) is 27.1 Å². The van der Waals surface area contributed by atoms with Gasteiger partial charge in [-0.15, -0.1) is 0 Å². The molecule has 1 aliphatic rings. The van der Waals surface area contributed by atoms with Crippen LogP contribution in [0.1, 0.15) is 45.7 Å². The first-order valence-corrected chi connectivity index (χ1v) is 15.1. The molecule has 180 valence electrons. The lowest BCUT2D eigenvalue weighted by molar-refractivity contribution is -0.171. The topological polar surface area (TPSA) is 38.8 Å². The molecule has 1 amide bonds. The lowest BCUT2D eigenvalue weighted by atomic mass is 9.76. The average Bonchev–Trinajstić information content (AvgIpc) is 2.75. The van der Waals surface area contributed by atoms with Gasteiger partial charge in [0.05, 0.1) is 31.3 Å². The summed E-state index contributed by atoms with van der Waals surface area (Å²) in [6, 6.07) is 20.6. The summed E-state index contributed by atoms with van der Waals surface area (Å²) >= 11 is 0. The van der Waals surface area contributed by atoms with E-state index in [9.17, 15) is 4.79 Å². The fraction of sp³-hybridized carbons (Fsp3) is 0.536. The van der Waals surface area contributed by atoms with E-state index in [0.29, 0.717) is 19.8 Å². The molecule has 0 aromatic heterocycles. The van der Waals surface area contributed by atoms with Gasteiger partial charge in [-0.25, -0.2) is 0 Å². The van der Waals surface area contributed by atoms with Crippen molar-refractivity contribution in [1.82, 2.24) is 4.90 Å². The summed E-state index contributed by atoms with van der Waals surface area (Å²) < 4.78 is 12.8. The van der Waals surface area contributed by atoms with E-state index < -0.39 is 8.32 Å². The first-order valence-electron chi connectivity index (χ1n) is 12.1. The highest BCUT2D eigenvalue weighted by Crippen LogP contribution is 2.42. The Balaban J connectivity index is 1.72. The molecule has 1 unspecified atom stereocenters. The van der Waals surface area contributed by atoms with E-state index in [-0.39, 0.29) is 34.9 Å². The van der Waals surface area contributed by atoms with Crippen LogP contribution in [0.4, 0.5) is 0 Å². The Morgan fingerprint density at radius 1 is 0.939 bits per heavy atom. The van der Waals surface area contributed by atoms with Gasteiger partial charge in [0.1, 0.15) is 0 Å². The van der Waals surface area contributed by atoms with Gasteiger partial charge in [-0.05, 0) is 36.2 Å². The molecule has 0 bridgehead atoms. The lowest BCUT2D eigenvalue weighted by Crippen LogP contribution is -2.67. The quantitative estimate of drug-likeness (QED) is 0.305. The Morgan fingerprint density at radius 2 is 1.48 bits per heavy atom. The minimum Gasteiger partial charge on any atom is -0.413 e. The predicted molar refractivity (Wildman–Crippen MR) is 137 cm³/mol. The molecule has 2 aromatic rings. The Morgan fingerprint density at radius 3 is 2.03 bits per heavy atom. The highest BCUT2D eigenvalue weighted by molar-refractivity contribution is 6.74. The number of rotatable bonds is 10. The van der Waals surface area contributed by atoms with Crippen molar-refractivity contribution >= 4 is 14.2 Å². The minimum atomic E-state index is -1.97. The van der Waals surface area contributed by atoms with Crippen LogP contribution in [0.15, 0.2) is 60.7 Å². The molecule has 1 fully saturated rings. The molecule has 0 saturated carbocycles. The number of likely N-dealkylation sites (tertiary alicyclic amines) is 1. The van der Waals surface area contributed by atoms with Crippen molar-refractivity contribution in [2.24, 2.45) is 11.8 Å². The molecule has 0 N–H and O–H groups in total. The van der Waals surface area contributed by atoms with Crippen LogP contribution in [0, 0.1) is 11.8 Å². The molecular weight excluding hydrogens is 426 g/mol. The third-order valence-corrected chi connectivity index (χ3v) is 11.9. The summed E-state index contributed by atoms with van der Waals surface area (Å²) in [5.74, 6) is 0.286. The maximum atomic E-state index is 13.4. The van der Waals surface area contributed by atoms with Gasteiger partial charge >= 0.3 is 0 Å². The number of carbonyl (C=O) groups excluding carboxylic acids is 1. The van der Waals surface area contributed by atoms with Crippen LogP contribution in [0.3, 0.4) is 0 Å². The van der Waals surface area contributed by atoms with Crippen LogP contribution in [0.2, 0.25) is 18.1 Å². The summed E-state index contributed by atoms with van der Waals surface area (Å²) in [6.45, 7) is 17.4. The van der Waals surface area contributed by atoms with Crippen LogP contribution >= 0.6 is 0 Å². The van der Waals surface area contributed by atoms with Gasteiger partial charge in [0.2, 0.25) is 5.91 Å². The van der Waals surface area contributed by atoms with Gasteiger partial charge in [-0.2, -0.15) is 0 Å². The Labute approximate surface area is 201 Å². The number of nitrogens with zero attached hydrogens (tertiary/aromatic N) is 1. The molecule has 0 aliphatic carbocycles. The van der Waals surface area contributed by atoms with Gasteiger partial charge in [0.25, 0.3) is 0 Å². The van der Waals surface area contributed by atoms with Gasteiger partial charge in [-0.3, -0.25) is 4.79 Å². The Bertz CT molecular complexity index is 894. The molecule has 4 atom stereocenters. The average molecular weight is 468 g/mol. The fourth-order valence-corrected chi connectivity index (χ4v) is 5.88. The molecule has 5 heteroatoms. The second-order valence-electron chi connectivity index (χ2n) is 11.0. The molecule has 1 aliphatic heterocycles. The van der Waals surface area contributed by atoms with Crippen LogP contribution in [0.5, 0.6) is 0 Å². The second-order valence-corrected chi connectivity index (χ2v) is 15.8. The van der Waals surface area contributed by atoms with E-state index in [1.165, 1.54) is 5.56 Å². The molecule has 1 heterocycles. The van der Waals surface area contributed by atoms with E-state index in [4.69, 9.17) is 9.16 Å². The maximum Gasteiger partial charge on any atom is 0.230 e. The molecule has 4 nitrogen and oxygen atoms in total. The number of ether oxygens (including phenoxy) is 1. The van der Waals surface area contributed by atoms with Crippen molar-refractivity contribution in [3.8, 4) is 0 Å². The third kappa shape index (κ3) is 6.14. The van der Waals surface area contributed by atoms with Crippen LogP contribution in [0.25, 0.3) is 0 Å². The molecule has 3 rings (SSSR count). The van der Waals surface area contributed by atoms with Gasteiger partial charge in [-0.1, -0.05) is 88.4 Å². The van der Waals surface area contributed by atoms with Gasteiger partial charge in [0.15, 0.2) is 8.32 Å². The number of amides is 1. The largest absolute Gasteiger partial charge is 0.413 e. The standard InChI is InChI=1S/C28H41NO3Si/c1-21(19-31-20-24-16-12-9-13-17-24)26-25(22(2)32-33(6,7)28(3,4)5)27(30)29(26)18-23-14-10-8-11-15-23/h8-17,21-22,25-26H,18-20H2,1-7H3/t21?,22-,25-,26-/m1/s1. The minimum absolute atomic E-state index is 0.105. The molecule has 1 saturated heterocycles. The first kappa shape index (κ1) is 25.7. The van der Waals surface area contributed by atoms with Crippen molar-refractivity contribution in [1.29, 1.82) is 0 Å². The van der Waals surface area contributed by atoms with Crippen molar-refractivity contribution in [3.05, 3.63) is 71.8 Å². The predicted octanol–water partition coefficient (Wildman–Crippen LogP) is 6.28. The maximum absolute atomic E-state index is 13.4. The molecule has 2 aromatic carbocycles. The highest BCUT2D eigenvalue weighted by atomic mass is 28.4. The second kappa shape index (κ2) is 10.5. The van der Waals surface area contributed by atoms with E-state index >= 15 is 0 Å². The number of carbonyl (C=O) groups is 1. The number of benzene rings is 2. The summed E-state index contributed by atoms with van der Waals surface area (Å²) in [7, 11) is -1.97. The van der Waals surface area contributed by atoms with Gasteiger partial charge in [0, 0.05) is 12.5 Å². The third-order valence-electron chi connectivity index (χ3n) is 7.36. The number of β-lactam (4-membered cyclic amide) rings is 1. The highest BCUT2D eigenvalue weighted by Gasteiger charge is 2.53. The van der Waals surface area contributed by atoms with Crippen molar-refractivity contribution in [2.75, 3.05) is 6.61 Å². The summed E-state index contributed by atoms with van der Waals surface area (Å²) in [5, 5.41) is 0.109. The van der Waals surface area contributed by atoms with E-state index in [1.807, 2.05) is 41.3 Å². The zero-order valence-corrected chi connectivity index (χ0v) is 22.4. The zero-order valence-electron chi connectivity index (χ0n) is 21.4. The molecule has 33 heavy (non-hydrogen) atoms. The normalized spacial score (nSPS) is 20.9. The van der Waals surface area contributed by atoms with Gasteiger partial charge < -0.3 is 14.1 Å². The molecular formula is C28H41NO3Si. The van der Waals surface area contributed by atoms with Crippen molar-refractivity contribution in [3.63, 3.8) is 0 Å². The van der Waals surface area contributed by atoms with Crippen LogP contribution in [-0.4, -0.2) is 37.9 Å². The Kier molecular flexibility index (Phi) is 8.20. The lowest BCUT2D eigenvalue weighted by Gasteiger charge is -2.53. The van der Waals surface area contributed by atoms with E-state index in [1.54, 1.807) is 0 Å². The fourth-order valence-electron chi connectivity index (χ4n) is 4.45. The summed E-state index contributed by atoms with van der Waals surface area (Å²) in [4.78, 5) is 15.4. The SMILES string of the molecule is CC(COCc1ccccc1)[C@@H]1[C@@H]([C@@H](C)O[Si](C)(C)C(C)(C)C)C(=O)N1Cc1ccccc1. The number of hydrogen-bond donors (Lipinski definition) is 0. The molecule has 0 spiro atoms. The van der Waals surface area contributed by atoms with E-state index in [0.717, 1.165) is 5.56 Å². The van der Waals surface area contributed by atoms with E-state index in [2.05, 4.69) is 72.0 Å².